The highest BCUT2D eigenvalue weighted by Gasteiger charge is 2.31. The number of anilines is 1. The molecule has 2 heterocycles. The van der Waals surface area contributed by atoms with E-state index in [1.807, 2.05) is 31.2 Å². The molecule has 1 saturated heterocycles. The first-order valence-electron chi connectivity index (χ1n) is 9.10. The maximum Gasteiger partial charge on any atom is 0.222 e. The lowest BCUT2D eigenvalue weighted by molar-refractivity contribution is -0.134. The van der Waals surface area contributed by atoms with Crippen LogP contribution in [0.25, 0.3) is 0 Å². The second-order valence-corrected chi connectivity index (χ2v) is 6.84. The Hall–Kier alpha value is -2.50. The molecule has 0 unspecified atom stereocenters. The number of nitrogens with one attached hydrogen (secondary N) is 1. The normalized spacial score (nSPS) is 20.0. The number of hydrogen-bond donors (Lipinski definition) is 1. The van der Waals surface area contributed by atoms with Crippen molar-refractivity contribution in [1.29, 1.82) is 0 Å². The van der Waals surface area contributed by atoms with Crippen LogP contribution in [0.3, 0.4) is 0 Å². The first-order valence-corrected chi connectivity index (χ1v) is 9.10. The molecule has 1 N–H and O–H groups in total. The summed E-state index contributed by atoms with van der Waals surface area (Å²) in [7, 11) is 0. The summed E-state index contributed by atoms with van der Waals surface area (Å²) in [6, 6.07) is 9.93. The van der Waals surface area contributed by atoms with Gasteiger partial charge in [-0.05, 0) is 31.4 Å². The number of carbonyl (C=O) groups is 1. The molecule has 1 aliphatic rings. The van der Waals surface area contributed by atoms with Crippen molar-refractivity contribution >= 4 is 11.9 Å². The van der Waals surface area contributed by atoms with E-state index in [0.29, 0.717) is 38.3 Å². The lowest BCUT2D eigenvalue weighted by Gasteiger charge is -2.35. The van der Waals surface area contributed by atoms with E-state index in [9.17, 15) is 9.18 Å². The monoisotopic (exact) mass is 356 g/mol. The number of benzene rings is 1. The van der Waals surface area contributed by atoms with Crippen LogP contribution in [0.2, 0.25) is 0 Å². The van der Waals surface area contributed by atoms with Gasteiger partial charge in [-0.25, -0.2) is 14.4 Å². The summed E-state index contributed by atoms with van der Waals surface area (Å²) < 4.78 is 14.5. The third kappa shape index (κ3) is 5.00. The van der Waals surface area contributed by atoms with Crippen molar-refractivity contribution in [2.45, 2.75) is 32.4 Å². The van der Waals surface area contributed by atoms with Crippen LogP contribution in [0, 0.1) is 12.8 Å². The SMILES string of the molecule is Cc1ccc(CCC(=O)N2CC[C@@H](CNc3ncccn3)[C@@H](F)C2)cc1. The molecule has 0 aliphatic carbocycles. The van der Waals surface area contributed by atoms with E-state index in [1.54, 1.807) is 23.4 Å². The molecule has 1 amide bonds. The van der Waals surface area contributed by atoms with E-state index in [1.165, 1.54) is 5.56 Å². The number of piperidine rings is 1. The van der Waals surface area contributed by atoms with Crippen molar-refractivity contribution in [3.63, 3.8) is 0 Å². The number of carbonyl (C=O) groups excluding carboxylic acids is 1. The lowest BCUT2D eigenvalue weighted by Crippen LogP contribution is -2.46. The largest absolute Gasteiger partial charge is 0.354 e. The molecule has 3 rings (SSSR count). The average Bonchev–Trinajstić information content (AvgIpc) is 2.67. The molecule has 0 radical (unpaired) electrons. The summed E-state index contributed by atoms with van der Waals surface area (Å²) in [5, 5.41) is 3.07. The Bertz CT molecular complexity index is 708. The fraction of sp³-hybridized carbons (Fsp3) is 0.450. The minimum Gasteiger partial charge on any atom is -0.354 e. The summed E-state index contributed by atoms with van der Waals surface area (Å²) in [4.78, 5) is 22.2. The van der Waals surface area contributed by atoms with E-state index in [-0.39, 0.29) is 18.4 Å². The van der Waals surface area contributed by atoms with Gasteiger partial charge in [0.2, 0.25) is 11.9 Å². The van der Waals surface area contributed by atoms with Gasteiger partial charge in [-0.2, -0.15) is 0 Å². The molecular formula is C20H25FN4O. The highest BCUT2D eigenvalue weighted by molar-refractivity contribution is 5.76. The molecule has 2 atom stereocenters. The maximum absolute atomic E-state index is 14.5. The Labute approximate surface area is 153 Å². The number of alkyl halides is 1. The van der Waals surface area contributed by atoms with E-state index in [2.05, 4.69) is 15.3 Å². The number of amides is 1. The van der Waals surface area contributed by atoms with Gasteiger partial charge in [0.1, 0.15) is 6.17 Å². The summed E-state index contributed by atoms with van der Waals surface area (Å²) in [5.74, 6) is 0.419. The number of likely N-dealkylation sites (tertiary alicyclic amines) is 1. The maximum atomic E-state index is 14.5. The van der Waals surface area contributed by atoms with Crippen molar-refractivity contribution in [2.24, 2.45) is 5.92 Å². The van der Waals surface area contributed by atoms with Gasteiger partial charge in [0.05, 0.1) is 6.54 Å². The van der Waals surface area contributed by atoms with Crippen molar-refractivity contribution in [3.05, 3.63) is 53.9 Å². The van der Waals surface area contributed by atoms with Crippen LogP contribution in [0.1, 0.15) is 24.0 Å². The van der Waals surface area contributed by atoms with Crippen LogP contribution in [-0.4, -0.2) is 46.6 Å². The highest BCUT2D eigenvalue weighted by atomic mass is 19.1. The number of nitrogens with zero attached hydrogens (tertiary/aromatic N) is 3. The van der Waals surface area contributed by atoms with Crippen molar-refractivity contribution in [1.82, 2.24) is 14.9 Å². The zero-order valence-corrected chi connectivity index (χ0v) is 15.1. The second-order valence-electron chi connectivity index (χ2n) is 6.84. The number of rotatable bonds is 6. The van der Waals surface area contributed by atoms with Crippen molar-refractivity contribution < 1.29 is 9.18 Å². The standard InChI is InChI=1S/C20H25FN4O/c1-15-3-5-16(6-4-15)7-8-19(26)25-12-9-17(18(21)14-25)13-24-20-22-10-2-11-23-20/h2-6,10-11,17-18H,7-9,12-14H2,1H3,(H,22,23,24)/t17-,18-/m0/s1. The Morgan fingerprint density at radius 3 is 2.69 bits per heavy atom. The first kappa shape index (κ1) is 18.3. The molecule has 138 valence electrons. The Balaban J connectivity index is 1.43. The van der Waals surface area contributed by atoms with Crippen LogP contribution in [0.5, 0.6) is 0 Å². The fourth-order valence-corrected chi connectivity index (χ4v) is 3.19. The van der Waals surface area contributed by atoms with Gasteiger partial charge < -0.3 is 10.2 Å². The van der Waals surface area contributed by atoms with Crippen LogP contribution < -0.4 is 5.32 Å². The van der Waals surface area contributed by atoms with Gasteiger partial charge in [-0.1, -0.05) is 29.8 Å². The second kappa shape index (κ2) is 8.74. The summed E-state index contributed by atoms with van der Waals surface area (Å²) in [6.45, 7) is 3.31. The molecular weight excluding hydrogens is 331 g/mol. The van der Waals surface area contributed by atoms with Gasteiger partial charge >= 0.3 is 0 Å². The third-order valence-electron chi connectivity index (χ3n) is 4.87. The number of halogens is 1. The van der Waals surface area contributed by atoms with Gasteiger partial charge in [0.15, 0.2) is 0 Å². The van der Waals surface area contributed by atoms with Gasteiger partial charge in [-0.15, -0.1) is 0 Å². The zero-order valence-electron chi connectivity index (χ0n) is 15.1. The molecule has 0 spiro atoms. The van der Waals surface area contributed by atoms with Crippen molar-refractivity contribution in [2.75, 3.05) is 25.0 Å². The summed E-state index contributed by atoms with van der Waals surface area (Å²) in [5.41, 5.74) is 2.35. The highest BCUT2D eigenvalue weighted by Crippen LogP contribution is 2.22. The quantitative estimate of drug-likeness (QED) is 0.864. The number of aromatic nitrogens is 2. The third-order valence-corrected chi connectivity index (χ3v) is 4.87. The predicted molar refractivity (Wildman–Crippen MR) is 99.6 cm³/mol. The summed E-state index contributed by atoms with van der Waals surface area (Å²) >= 11 is 0. The van der Waals surface area contributed by atoms with Gasteiger partial charge in [0, 0.05) is 37.8 Å². The van der Waals surface area contributed by atoms with Crippen LogP contribution in [0.4, 0.5) is 10.3 Å². The van der Waals surface area contributed by atoms with E-state index >= 15 is 0 Å². The van der Waals surface area contributed by atoms with Crippen molar-refractivity contribution in [3.8, 4) is 0 Å². The first-order chi connectivity index (χ1) is 12.6. The lowest BCUT2D eigenvalue weighted by atomic mass is 9.94. The van der Waals surface area contributed by atoms with E-state index in [4.69, 9.17) is 0 Å². The molecule has 1 aromatic carbocycles. The molecule has 0 bridgehead atoms. The van der Waals surface area contributed by atoms with Crippen LogP contribution >= 0.6 is 0 Å². The Morgan fingerprint density at radius 1 is 1.27 bits per heavy atom. The smallest absolute Gasteiger partial charge is 0.222 e. The van der Waals surface area contributed by atoms with Gasteiger partial charge in [-0.3, -0.25) is 4.79 Å². The van der Waals surface area contributed by atoms with E-state index in [0.717, 1.165) is 5.56 Å². The molecule has 6 heteroatoms. The topological polar surface area (TPSA) is 58.1 Å². The fourth-order valence-electron chi connectivity index (χ4n) is 3.19. The van der Waals surface area contributed by atoms with Gasteiger partial charge in [0.25, 0.3) is 0 Å². The van der Waals surface area contributed by atoms with E-state index < -0.39 is 6.17 Å². The molecule has 2 aromatic rings. The Morgan fingerprint density at radius 2 is 2.00 bits per heavy atom. The predicted octanol–water partition coefficient (Wildman–Crippen LogP) is 3.02. The minimum atomic E-state index is -1.02. The minimum absolute atomic E-state index is 0.0334. The molecule has 5 nitrogen and oxygen atoms in total. The molecule has 1 fully saturated rings. The number of aryl methyl sites for hydroxylation is 2. The molecule has 26 heavy (non-hydrogen) atoms. The molecule has 0 saturated carbocycles. The molecule has 1 aromatic heterocycles. The molecule has 1 aliphatic heterocycles. The average molecular weight is 356 g/mol. The Kier molecular flexibility index (Phi) is 6.15. The van der Waals surface area contributed by atoms with Crippen LogP contribution in [0.15, 0.2) is 42.7 Å². The zero-order chi connectivity index (χ0) is 18.4. The summed E-state index contributed by atoms with van der Waals surface area (Å²) in [6.07, 6.45) is 4.05. The number of hydrogen-bond acceptors (Lipinski definition) is 4. The van der Waals surface area contributed by atoms with Crippen LogP contribution in [-0.2, 0) is 11.2 Å².